The smallest absolute Gasteiger partial charge is 0.352 e. The monoisotopic (exact) mass is 245 g/mol. The van der Waals surface area contributed by atoms with Crippen molar-refractivity contribution >= 4 is 5.97 Å². The van der Waals surface area contributed by atoms with Gasteiger partial charge in [-0.05, 0) is 23.8 Å². The first kappa shape index (κ1) is 11.9. The third kappa shape index (κ3) is 2.40. The van der Waals surface area contributed by atoms with Gasteiger partial charge in [0.1, 0.15) is 11.4 Å². The Morgan fingerprint density at radius 1 is 1.17 bits per heavy atom. The van der Waals surface area contributed by atoms with Crippen LogP contribution in [0.3, 0.4) is 0 Å². The number of rotatable bonds is 3. The number of carboxylic acids is 1. The summed E-state index contributed by atoms with van der Waals surface area (Å²) in [6.07, 6.45) is 0. The first-order valence-corrected chi connectivity index (χ1v) is 5.29. The van der Waals surface area contributed by atoms with Gasteiger partial charge in [-0.15, -0.1) is 0 Å². The number of phenols is 1. The van der Waals surface area contributed by atoms with Crippen molar-refractivity contribution in [1.82, 2.24) is 4.57 Å². The van der Waals surface area contributed by atoms with Crippen LogP contribution in [0.25, 0.3) is 0 Å². The second kappa shape index (κ2) is 4.75. The fraction of sp³-hybridized carbons (Fsp3) is 0.0769. The number of aromatic hydroxyl groups is 1. The van der Waals surface area contributed by atoms with Crippen molar-refractivity contribution in [2.24, 2.45) is 0 Å². The van der Waals surface area contributed by atoms with Gasteiger partial charge < -0.3 is 10.2 Å². The SMILES string of the molecule is O=C(O)c1cccc(=O)n1Cc1cccc(O)c1. The van der Waals surface area contributed by atoms with E-state index >= 15 is 0 Å². The normalized spacial score (nSPS) is 10.2. The summed E-state index contributed by atoms with van der Waals surface area (Å²) in [5.41, 5.74) is 0.190. The van der Waals surface area contributed by atoms with Gasteiger partial charge in [0, 0.05) is 6.07 Å². The van der Waals surface area contributed by atoms with E-state index < -0.39 is 11.5 Å². The quantitative estimate of drug-likeness (QED) is 0.854. The van der Waals surface area contributed by atoms with Gasteiger partial charge in [0.2, 0.25) is 0 Å². The summed E-state index contributed by atoms with van der Waals surface area (Å²) in [7, 11) is 0. The molecule has 1 aromatic carbocycles. The molecule has 0 atom stereocenters. The van der Waals surface area contributed by atoms with Crippen molar-refractivity contribution in [3.63, 3.8) is 0 Å². The van der Waals surface area contributed by atoms with Gasteiger partial charge in [-0.1, -0.05) is 18.2 Å². The molecule has 5 heteroatoms. The topological polar surface area (TPSA) is 79.5 Å². The fourth-order valence-corrected chi connectivity index (χ4v) is 1.71. The molecule has 0 aliphatic carbocycles. The van der Waals surface area contributed by atoms with Crippen LogP contribution >= 0.6 is 0 Å². The zero-order valence-corrected chi connectivity index (χ0v) is 9.41. The zero-order chi connectivity index (χ0) is 13.1. The van der Waals surface area contributed by atoms with Crippen molar-refractivity contribution in [3.8, 4) is 5.75 Å². The van der Waals surface area contributed by atoms with Crippen LogP contribution in [0.5, 0.6) is 5.75 Å². The molecule has 2 N–H and O–H groups in total. The average molecular weight is 245 g/mol. The largest absolute Gasteiger partial charge is 0.508 e. The van der Waals surface area contributed by atoms with Crippen LogP contribution in [0.15, 0.2) is 47.3 Å². The van der Waals surface area contributed by atoms with Crippen molar-refractivity contribution < 1.29 is 15.0 Å². The van der Waals surface area contributed by atoms with Gasteiger partial charge in [-0.25, -0.2) is 4.79 Å². The highest BCUT2D eigenvalue weighted by Gasteiger charge is 2.10. The number of nitrogens with zero attached hydrogens (tertiary/aromatic N) is 1. The predicted octanol–water partition coefficient (Wildman–Crippen LogP) is 1.30. The van der Waals surface area contributed by atoms with Crippen LogP contribution in [0.4, 0.5) is 0 Å². The molecule has 0 aliphatic rings. The third-order valence-electron chi connectivity index (χ3n) is 2.52. The number of phenolic OH excluding ortho intramolecular Hbond substituents is 1. The molecular formula is C13H11NO4. The predicted molar refractivity (Wildman–Crippen MR) is 64.9 cm³/mol. The molecule has 0 fully saturated rings. The number of carboxylic acid groups (broad SMARTS) is 1. The lowest BCUT2D eigenvalue weighted by Gasteiger charge is -2.09. The standard InChI is InChI=1S/C13H11NO4/c15-10-4-1-3-9(7-10)8-14-11(13(17)18)5-2-6-12(14)16/h1-7,15H,8H2,(H,17,18). The Bertz CT molecular complexity index is 645. The van der Waals surface area contributed by atoms with E-state index in [0.717, 1.165) is 4.57 Å². The van der Waals surface area contributed by atoms with Gasteiger partial charge in [0.05, 0.1) is 6.54 Å². The Hall–Kier alpha value is -2.56. The van der Waals surface area contributed by atoms with Crippen LogP contribution < -0.4 is 5.56 Å². The average Bonchev–Trinajstić information content (AvgIpc) is 2.31. The molecule has 18 heavy (non-hydrogen) atoms. The molecule has 0 saturated carbocycles. The maximum Gasteiger partial charge on any atom is 0.352 e. The van der Waals surface area contributed by atoms with E-state index in [9.17, 15) is 14.7 Å². The summed E-state index contributed by atoms with van der Waals surface area (Å²) in [6.45, 7) is 0.107. The summed E-state index contributed by atoms with van der Waals surface area (Å²) in [5, 5.41) is 18.3. The van der Waals surface area contributed by atoms with Gasteiger partial charge in [0.25, 0.3) is 5.56 Å². The van der Waals surface area contributed by atoms with Crippen LogP contribution in [0, 0.1) is 0 Å². The first-order valence-electron chi connectivity index (χ1n) is 5.29. The summed E-state index contributed by atoms with van der Waals surface area (Å²) >= 11 is 0. The summed E-state index contributed by atoms with van der Waals surface area (Å²) in [5.74, 6) is -1.08. The van der Waals surface area contributed by atoms with Crippen molar-refractivity contribution in [2.75, 3.05) is 0 Å². The zero-order valence-electron chi connectivity index (χ0n) is 9.41. The number of benzene rings is 1. The molecule has 1 aromatic heterocycles. The number of aromatic carboxylic acids is 1. The molecule has 0 spiro atoms. The van der Waals surface area contributed by atoms with Gasteiger partial charge in [-0.3, -0.25) is 9.36 Å². The summed E-state index contributed by atoms with van der Waals surface area (Å²) < 4.78 is 1.15. The minimum atomic E-state index is -1.16. The molecule has 0 saturated heterocycles. The Morgan fingerprint density at radius 3 is 2.56 bits per heavy atom. The van der Waals surface area contributed by atoms with Crippen molar-refractivity contribution in [3.05, 3.63) is 64.1 Å². The Labute approximate surface area is 103 Å². The fourth-order valence-electron chi connectivity index (χ4n) is 1.71. The Kier molecular flexibility index (Phi) is 3.14. The van der Waals surface area contributed by atoms with E-state index in [0.29, 0.717) is 5.56 Å². The maximum atomic E-state index is 11.7. The summed E-state index contributed by atoms with van der Waals surface area (Å²) in [6, 6.07) is 10.4. The van der Waals surface area contributed by atoms with Crippen LogP contribution in [-0.2, 0) is 6.54 Å². The number of carbonyl (C=O) groups is 1. The molecule has 2 rings (SSSR count). The van der Waals surface area contributed by atoms with Crippen LogP contribution in [0.1, 0.15) is 16.1 Å². The summed E-state index contributed by atoms with van der Waals surface area (Å²) in [4.78, 5) is 22.7. The minimum absolute atomic E-state index is 0.0772. The van der Waals surface area contributed by atoms with Crippen LogP contribution in [0.2, 0.25) is 0 Å². The first-order chi connectivity index (χ1) is 8.58. The van der Waals surface area contributed by atoms with Crippen molar-refractivity contribution in [2.45, 2.75) is 6.54 Å². The maximum absolute atomic E-state index is 11.7. The molecule has 92 valence electrons. The minimum Gasteiger partial charge on any atom is -0.508 e. The molecule has 0 radical (unpaired) electrons. The molecule has 2 aromatic rings. The number of hydrogen-bond donors (Lipinski definition) is 2. The highest BCUT2D eigenvalue weighted by molar-refractivity contribution is 5.85. The molecular weight excluding hydrogens is 234 g/mol. The number of hydrogen-bond acceptors (Lipinski definition) is 3. The molecule has 0 bridgehead atoms. The molecule has 1 heterocycles. The molecule has 0 amide bonds. The lowest BCUT2D eigenvalue weighted by molar-refractivity contribution is 0.0684. The van der Waals surface area contributed by atoms with E-state index in [1.54, 1.807) is 12.1 Å². The molecule has 5 nitrogen and oxygen atoms in total. The van der Waals surface area contributed by atoms with Gasteiger partial charge in [0.15, 0.2) is 0 Å². The van der Waals surface area contributed by atoms with Crippen LogP contribution in [-0.4, -0.2) is 20.7 Å². The highest BCUT2D eigenvalue weighted by atomic mass is 16.4. The second-order valence-corrected chi connectivity index (χ2v) is 3.81. The lowest BCUT2D eigenvalue weighted by atomic mass is 10.2. The second-order valence-electron chi connectivity index (χ2n) is 3.81. The molecule has 0 aliphatic heterocycles. The van der Waals surface area contributed by atoms with Gasteiger partial charge in [-0.2, -0.15) is 0 Å². The Morgan fingerprint density at radius 2 is 1.89 bits per heavy atom. The van der Waals surface area contributed by atoms with E-state index in [1.165, 1.54) is 30.3 Å². The molecule has 0 unspecified atom stereocenters. The Balaban J connectivity index is 2.46. The van der Waals surface area contributed by atoms with E-state index in [4.69, 9.17) is 5.11 Å². The van der Waals surface area contributed by atoms with Crippen molar-refractivity contribution in [1.29, 1.82) is 0 Å². The highest BCUT2D eigenvalue weighted by Crippen LogP contribution is 2.12. The lowest BCUT2D eigenvalue weighted by Crippen LogP contribution is -2.25. The number of pyridine rings is 1. The number of aromatic nitrogens is 1. The van der Waals surface area contributed by atoms with Gasteiger partial charge >= 0.3 is 5.97 Å². The van der Waals surface area contributed by atoms with E-state index in [1.807, 2.05) is 0 Å². The third-order valence-corrected chi connectivity index (χ3v) is 2.52. The van der Waals surface area contributed by atoms with E-state index in [-0.39, 0.29) is 18.0 Å². The van der Waals surface area contributed by atoms with E-state index in [2.05, 4.69) is 0 Å².